The molecule has 0 saturated heterocycles. The number of amides is 1. The molecule has 1 unspecified atom stereocenters. The van der Waals surface area contributed by atoms with Gasteiger partial charge in [-0.15, -0.1) is 10.2 Å². The molecular weight excluding hydrogens is 918 g/mol. The number of methoxy groups -OCH3 is 3. The second kappa shape index (κ2) is 19.5. The van der Waals surface area contributed by atoms with Crippen molar-refractivity contribution in [2.75, 3.05) is 34.5 Å². The molecule has 20 heteroatoms. The molecule has 17 nitrogen and oxygen atoms in total. The third kappa shape index (κ3) is 11.9. The van der Waals surface area contributed by atoms with Crippen LogP contribution in [0.4, 0.5) is 4.79 Å². The van der Waals surface area contributed by atoms with Crippen LogP contribution in [0.25, 0.3) is 11.4 Å². The van der Waals surface area contributed by atoms with Crippen molar-refractivity contribution in [3.63, 3.8) is 0 Å². The van der Waals surface area contributed by atoms with Gasteiger partial charge in [-0.1, -0.05) is 36.4 Å². The molecule has 5 rings (SSSR count). The quantitative estimate of drug-likeness (QED) is 0.103. The molecule has 3 N–H and O–H groups in total. The maximum absolute atomic E-state index is 15.4. The summed E-state index contributed by atoms with van der Waals surface area (Å²) in [6, 6.07) is 22.1. The Bertz CT molecular complexity index is 2380. The number of alkyl carbamates (subject to hydrolysis) is 1. The number of halogens is 1. The van der Waals surface area contributed by atoms with Gasteiger partial charge in [-0.05, 0) is 114 Å². The van der Waals surface area contributed by atoms with E-state index in [0.29, 0.717) is 31.9 Å². The Morgan fingerprint density at radius 2 is 1.32 bits per heavy atom. The van der Waals surface area contributed by atoms with Crippen molar-refractivity contribution < 1.29 is 45.7 Å². The van der Waals surface area contributed by atoms with E-state index in [0.717, 1.165) is 15.9 Å². The molecule has 0 fully saturated rings. The van der Waals surface area contributed by atoms with E-state index in [9.17, 15) is 18.3 Å². The minimum Gasteiger partial charge on any atom is -0.497 e. The number of carbonyl (C=O) groups is 1. The van der Waals surface area contributed by atoms with Crippen molar-refractivity contribution in [2.24, 2.45) is 0 Å². The summed E-state index contributed by atoms with van der Waals surface area (Å²) in [6.07, 6.45) is -0.841. The number of sulfonamides is 2. The van der Waals surface area contributed by atoms with Crippen molar-refractivity contribution in [1.82, 2.24) is 34.6 Å². The van der Waals surface area contributed by atoms with Crippen LogP contribution < -0.4 is 24.2 Å². The van der Waals surface area contributed by atoms with Crippen LogP contribution in [0.1, 0.15) is 37.5 Å². The number of carbonyl (C=O) groups excluding carboxylic acids is 1. The van der Waals surface area contributed by atoms with E-state index in [2.05, 4.69) is 25.4 Å². The third-order valence-corrected chi connectivity index (χ3v) is 13.1. The highest BCUT2D eigenvalue weighted by Gasteiger charge is 2.38. The fraction of sp³-hybridized carbons (Fsp3) is 0.333. The molecule has 0 aliphatic heterocycles. The van der Waals surface area contributed by atoms with Gasteiger partial charge in [0, 0.05) is 23.2 Å². The highest BCUT2D eigenvalue weighted by Crippen LogP contribution is 2.38. The zero-order valence-electron chi connectivity index (χ0n) is 33.2. The van der Waals surface area contributed by atoms with Crippen LogP contribution in [0, 0.1) is 3.57 Å². The Morgan fingerprint density at radius 3 is 1.80 bits per heavy atom. The van der Waals surface area contributed by atoms with Crippen LogP contribution >= 0.6 is 22.6 Å². The van der Waals surface area contributed by atoms with E-state index < -0.39 is 54.2 Å². The number of aromatic nitrogens is 4. The third-order valence-electron chi connectivity index (χ3n) is 8.59. The van der Waals surface area contributed by atoms with Crippen LogP contribution in [0.3, 0.4) is 0 Å². The molecule has 5 aromatic rings. The van der Waals surface area contributed by atoms with E-state index in [1.54, 1.807) is 88.5 Å². The molecule has 316 valence electrons. The predicted molar refractivity (Wildman–Crippen MR) is 226 cm³/mol. The average Bonchev–Trinajstić information content (AvgIpc) is 3.66. The standard InChI is InChI=1S/C39H46IN7O10S2/c1-39(2,3)57-38(49)41-21-29(25-48)44-58(50,51)34-20-19-33(40)35(37-42-45-47(43-37)24-28-11-17-32(56-6)18-12-28)36(34)59(52,53)46(22-26-7-13-30(54-4)14-8-26)23-27-9-15-31(55-5)16-10-27/h7-20,29,44,48H,21-25H2,1-6H3,(H,41,49). The fourth-order valence-electron chi connectivity index (χ4n) is 5.69. The lowest BCUT2D eigenvalue weighted by atomic mass is 10.2. The van der Waals surface area contributed by atoms with Gasteiger partial charge >= 0.3 is 6.09 Å². The number of benzene rings is 4. The van der Waals surface area contributed by atoms with E-state index in [1.165, 1.54) is 25.1 Å². The molecule has 1 amide bonds. The second-order valence-corrected chi connectivity index (χ2v) is 18.8. The molecule has 0 aliphatic rings. The normalized spacial score (nSPS) is 12.6. The number of tetrazole rings is 1. The summed E-state index contributed by atoms with van der Waals surface area (Å²) >= 11 is 1.91. The molecule has 1 aromatic heterocycles. The number of ether oxygens (including phenoxy) is 4. The molecule has 0 spiro atoms. The Kier molecular flexibility index (Phi) is 14.9. The number of nitrogens with one attached hydrogen (secondary N) is 2. The SMILES string of the molecule is COc1ccc(CN(Cc2ccc(OC)cc2)S(=O)(=O)c2c(S(=O)(=O)NC(CO)CNC(=O)OC(C)(C)C)ccc(I)c2-c2nnn(Cc3ccc(OC)cc3)n2)cc1. The van der Waals surface area contributed by atoms with Crippen LogP contribution in [0.2, 0.25) is 0 Å². The summed E-state index contributed by atoms with van der Waals surface area (Å²) in [5, 5.41) is 25.6. The zero-order valence-corrected chi connectivity index (χ0v) is 37.0. The lowest BCUT2D eigenvalue weighted by Gasteiger charge is -2.26. The summed E-state index contributed by atoms with van der Waals surface area (Å²) < 4.78 is 84.7. The molecule has 1 atom stereocenters. The van der Waals surface area contributed by atoms with Gasteiger partial charge in [0.1, 0.15) is 32.6 Å². The molecular formula is C39H46IN7O10S2. The van der Waals surface area contributed by atoms with E-state index in [-0.39, 0.29) is 37.6 Å². The number of aliphatic hydroxyl groups excluding tert-OH is 1. The Labute approximate surface area is 357 Å². The van der Waals surface area contributed by atoms with Gasteiger partial charge in [0.05, 0.1) is 46.1 Å². The van der Waals surface area contributed by atoms with Gasteiger partial charge in [0.15, 0.2) is 0 Å². The first-order chi connectivity index (χ1) is 28.0. The number of rotatable bonds is 18. The fourth-order valence-corrected chi connectivity index (χ4v) is 10.2. The Balaban J connectivity index is 1.65. The lowest BCUT2D eigenvalue weighted by Crippen LogP contribution is -2.47. The van der Waals surface area contributed by atoms with Crippen LogP contribution in [-0.2, 0) is 44.4 Å². The van der Waals surface area contributed by atoms with Gasteiger partial charge in [-0.3, -0.25) is 0 Å². The van der Waals surface area contributed by atoms with Crippen molar-refractivity contribution in [1.29, 1.82) is 0 Å². The molecule has 1 heterocycles. The average molecular weight is 964 g/mol. The summed E-state index contributed by atoms with van der Waals surface area (Å²) in [4.78, 5) is 12.4. The Morgan fingerprint density at radius 1 is 0.814 bits per heavy atom. The largest absolute Gasteiger partial charge is 0.497 e. The molecule has 59 heavy (non-hydrogen) atoms. The van der Waals surface area contributed by atoms with Gasteiger partial charge in [-0.2, -0.15) is 9.10 Å². The second-order valence-electron chi connectivity index (χ2n) is 14.1. The summed E-state index contributed by atoms with van der Waals surface area (Å²) in [6.45, 7) is 3.62. The van der Waals surface area contributed by atoms with Gasteiger partial charge in [-0.25, -0.2) is 26.4 Å². The highest BCUT2D eigenvalue weighted by atomic mass is 127. The number of nitrogens with zero attached hydrogens (tertiary/aromatic N) is 5. The highest BCUT2D eigenvalue weighted by molar-refractivity contribution is 14.1. The molecule has 0 bridgehead atoms. The predicted octanol–water partition coefficient (Wildman–Crippen LogP) is 4.57. The van der Waals surface area contributed by atoms with Gasteiger partial charge < -0.3 is 29.4 Å². The topological polar surface area (TPSA) is 213 Å². The van der Waals surface area contributed by atoms with Crippen LogP contribution in [0.15, 0.2) is 94.7 Å². The van der Waals surface area contributed by atoms with Crippen molar-refractivity contribution in [2.45, 2.75) is 61.8 Å². The zero-order chi connectivity index (χ0) is 43.0. The van der Waals surface area contributed by atoms with Crippen molar-refractivity contribution in [3.8, 4) is 28.6 Å². The van der Waals surface area contributed by atoms with Gasteiger partial charge in [0.25, 0.3) is 0 Å². The van der Waals surface area contributed by atoms with E-state index >= 15 is 8.42 Å². The van der Waals surface area contributed by atoms with Crippen LogP contribution in [-0.4, -0.2) is 98.7 Å². The van der Waals surface area contributed by atoms with Crippen molar-refractivity contribution in [3.05, 3.63) is 105 Å². The van der Waals surface area contributed by atoms with Crippen molar-refractivity contribution >= 4 is 48.7 Å². The number of hydrogen-bond acceptors (Lipinski definition) is 13. The Hall–Kier alpha value is -4.87. The lowest BCUT2D eigenvalue weighted by molar-refractivity contribution is 0.0519. The summed E-state index contributed by atoms with van der Waals surface area (Å²) in [7, 11) is -5.05. The summed E-state index contributed by atoms with van der Waals surface area (Å²) in [5.74, 6) is 1.61. The number of hydrogen-bond donors (Lipinski definition) is 3. The van der Waals surface area contributed by atoms with Crippen LogP contribution in [0.5, 0.6) is 17.2 Å². The monoisotopic (exact) mass is 963 g/mol. The minimum absolute atomic E-state index is 0.114. The smallest absolute Gasteiger partial charge is 0.407 e. The van der Waals surface area contributed by atoms with E-state index in [4.69, 9.17) is 18.9 Å². The number of aliphatic hydroxyl groups is 1. The maximum Gasteiger partial charge on any atom is 0.407 e. The first-order valence-corrected chi connectivity index (χ1v) is 22.1. The first kappa shape index (κ1) is 45.2. The maximum atomic E-state index is 15.4. The van der Waals surface area contributed by atoms with E-state index in [1.807, 2.05) is 34.7 Å². The molecule has 0 aliphatic carbocycles. The first-order valence-electron chi connectivity index (χ1n) is 18.1. The molecule has 0 saturated carbocycles. The molecule has 4 aromatic carbocycles. The van der Waals surface area contributed by atoms with Gasteiger partial charge in [0.2, 0.25) is 25.9 Å². The molecule has 0 radical (unpaired) electrons. The summed E-state index contributed by atoms with van der Waals surface area (Å²) in [5.41, 5.74) is 0.992. The minimum atomic E-state index is -4.83.